The molecule has 0 saturated heterocycles. The Morgan fingerprint density at radius 2 is 1.82 bits per heavy atom. The molecule has 2 atom stereocenters. The summed E-state index contributed by atoms with van der Waals surface area (Å²) in [7, 11) is 0. The Labute approximate surface area is 67.1 Å². The lowest BCUT2D eigenvalue weighted by atomic mass is 9.95. The van der Waals surface area contributed by atoms with E-state index in [0.717, 1.165) is 25.7 Å². The third kappa shape index (κ3) is 2.19. The Morgan fingerprint density at radius 1 is 1.18 bits per heavy atom. The zero-order chi connectivity index (χ0) is 8.27. The van der Waals surface area contributed by atoms with Gasteiger partial charge in [0.05, 0.1) is 5.92 Å². The van der Waals surface area contributed by atoms with E-state index in [1.807, 2.05) is 0 Å². The third-order valence-electron chi connectivity index (χ3n) is 2.43. The monoisotopic (exact) mass is 156 g/mol. The van der Waals surface area contributed by atoms with Crippen LogP contribution in [0.5, 0.6) is 0 Å². The van der Waals surface area contributed by atoms with Gasteiger partial charge in [0.2, 0.25) is 5.91 Å². The molecule has 1 rings (SSSR count). The summed E-state index contributed by atoms with van der Waals surface area (Å²) in [5.74, 6) is -0.295. The smallest absolute Gasteiger partial charge is 0.222 e. The summed E-state index contributed by atoms with van der Waals surface area (Å²) in [4.78, 5) is 10.9. The molecule has 0 aliphatic heterocycles. The average Bonchev–Trinajstić information content (AvgIpc) is 2.13. The van der Waals surface area contributed by atoms with Crippen LogP contribution in [-0.4, -0.2) is 11.9 Å². The van der Waals surface area contributed by atoms with Crippen molar-refractivity contribution in [3.63, 3.8) is 0 Å². The molecule has 11 heavy (non-hydrogen) atoms. The minimum atomic E-state index is -0.223. The van der Waals surface area contributed by atoms with E-state index in [-0.39, 0.29) is 17.9 Å². The van der Waals surface area contributed by atoms with Gasteiger partial charge in [-0.3, -0.25) is 4.79 Å². The molecule has 0 radical (unpaired) electrons. The summed E-state index contributed by atoms with van der Waals surface area (Å²) in [5.41, 5.74) is 11.0. The Balaban J connectivity index is 2.52. The van der Waals surface area contributed by atoms with Crippen molar-refractivity contribution < 1.29 is 4.79 Å². The molecule has 0 aromatic carbocycles. The fourth-order valence-corrected chi connectivity index (χ4v) is 1.69. The summed E-state index contributed by atoms with van der Waals surface area (Å²) in [6.07, 6.45) is 5.27. The fourth-order valence-electron chi connectivity index (χ4n) is 1.69. The SMILES string of the molecule is NC(=O)[C@@H]1CCCCC[C@H]1N. The molecule has 0 aromatic heterocycles. The van der Waals surface area contributed by atoms with Gasteiger partial charge in [-0.25, -0.2) is 0 Å². The number of hydrogen-bond donors (Lipinski definition) is 2. The quantitative estimate of drug-likeness (QED) is 0.539. The van der Waals surface area contributed by atoms with Crippen LogP contribution in [0.25, 0.3) is 0 Å². The van der Waals surface area contributed by atoms with Crippen molar-refractivity contribution in [2.45, 2.75) is 38.1 Å². The molecule has 1 aliphatic rings. The molecule has 1 fully saturated rings. The van der Waals surface area contributed by atoms with Crippen molar-refractivity contribution in [3.8, 4) is 0 Å². The van der Waals surface area contributed by atoms with Crippen molar-refractivity contribution in [2.24, 2.45) is 17.4 Å². The predicted molar refractivity (Wildman–Crippen MR) is 43.7 cm³/mol. The van der Waals surface area contributed by atoms with Gasteiger partial charge in [-0.15, -0.1) is 0 Å². The number of amides is 1. The number of primary amides is 1. The maximum Gasteiger partial charge on any atom is 0.222 e. The van der Waals surface area contributed by atoms with Crippen molar-refractivity contribution in [3.05, 3.63) is 0 Å². The molecule has 0 bridgehead atoms. The van der Waals surface area contributed by atoms with Crippen molar-refractivity contribution in [1.29, 1.82) is 0 Å². The second-order valence-electron chi connectivity index (χ2n) is 3.31. The summed E-state index contributed by atoms with van der Waals surface area (Å²) >= 11 is 0. The lowest BCUT2D eigenvalue weighted by Gasteiger charge is -2.16. The minimum absolute atomic E-state index is 0.00926. The van der Waals surface area contributed by atoms with Crippen LogP contribution in [0.2, 0.25) is 0 Å². The van der Waals surface area contributed by atoms with Crippen LogP contribution in [0, 0.1) is 5.92 Å². The lowest BCUT2D eigenvalue weighted by Crippen LogP contribution is -2.38. The molecule has 4 N–H and O–H groups in total. The highest BCUT2D eigenvalue weighted by Crippen LogP contribution is 2.21. The summed E-state index contributed by atoms with van der Waals surface area (Å²) in [6, 6.07) is 0.00926. The largest absolute Gasteiger partial charge is 0.369 e. The molecule has 3 nitrogen and oxygen atoms in total. The van der Waals surface area contributed by atoms with Gasteiger partial charge in [-0.1, -0.05) is 19.3 Å². The van der Waals surface area contributed by atoms with Crippen LogP contribution < -0.4 is 11.5 Å². The molecule has 0 aromatic rings. The molecule has 0 heterocycles. The van der Waals surface area contributed by atoms with Crippen LogP contribution in [0.3, 0.4) is 0 Å². The zero-order valence-electron chi connectivity index (χ0n) is 6.75. The van der Waals surface area contributed by atoms with Gasteiger partial charge in [0.15, 0.2) is 0 Å². The van der Waals surface area contributed by atoms with E-state index in [0.29, 0.717) is 0 Å². The maximum absolute atomic E-state index is 10.9. The molecular weight excluding hydrogens is 140 g/mol. The highest BCUT2D eigenvalue weighted by atomic mass is 16.1. The van der Waals surface area contributed by atoms with Crippen LogP contribution in [-0.2, 0) is 4.79 Å². The Kier molecular flexibility index (Phi) is 2.88. The van der Waals surface area contributed by atoms with Crippen LogP contribution in [0.1, 0.15) is 32.1 Å². The number of carbonyl (C=O) groups is 1. The molecule has 3 heteroatoms. The highest BCUT2D eigenvalue weighted by Gasteiger charge is 2.24. The van der Waals surface area contributed by atoms with E-state index in [9.17, 15) is 4.79 Å². The number of carbonyl (C=O) groups excluding carboxylic acids is 1. The van der Waals surface area contributed by atoms with Gasteiger partial charge >= 0.3 is 0 Å². The molecule has 64 valence electrons. The van der Waals surface area contributed by atoms with E-state index in [4.69, 9.17) is 11.5 Å². The normalized spacial score (nSPS) is 32.8. The third-order valence-corrected chi connectivity index (χ3v) is 2.43. The molecular formula is C8H16N2O. The van der Waals surface area contributed by atoms with Gasteiger partial charge in [-0.2, -0.15) is 0 Å². The van der Waals surface area contributed by atoms with E-state index in [1.54, 1.807) is 0 Å². The van der Waals surface area contributed by atoms with Crippen molar-refractivity contribution in [2.75, 3.05) is 0 Å². The number of rotatable bonds is 1. The Bertz CT molecular complexity index is 147. The van der Waals surface area contributed by atoms with Crippen molar-refractivity contribution in [1.82, 2.24) is 0 Å². The van der Waals surface area contributed by atoms with E-state index >= 15 is 0 Å². The van der Waals surface area contributed by atoms with Gasteiger partial charge < -0.3 is 11.5 Å². The van der Waals surface area contributed by atoms with Gasteiger partial charge in [0.1, 0.15) is 0 Å². The summed E-state index contributed by atoms with van der Waals surface area (Å²) in [6.45, 7) is 0. The molecule has 1 saturated carbocycles. The van der Waals surface area contributed by atoms with E-state index in [1.165, 1.54) is 6.42 Å². The lowest BCUT2D eigenvalue weighted by molar-refractivity contribution is -0.122. The fraction of sp³-hybridized carbons (Fsp3) is 0.875. The summed E-state index contributed by atoms with van der Waals surface area (Å²) in [5, 5.41) is 0. The Hall–Kier alpha value is -0.570. The maximum atomic E-state index is 10.9. The van der Waals surface area contributed by atoms with Gasteiger partial charge in [0.25, 0.3) is 0 Å². The van der Waals surface area contributed by atoms with E-state index < -0.39 is 0 Å². The molecule has 0 spiro atoms. The highest BCUT2D eigenvalue weighted by molar-refractivity contribution is 5.77. The molecule has 1 aliphatic carbocycles. The minimum Gasteiger partial charge on any atom is -0.369 e. The first-order valence-corrected chi connectivity index (χ1v) is 4.26. The predicted octanol–water partition coefficient (Wildman–Crippen LogP) is 0.379. The van der Waals surface area contributed by atoms with Gasteiger partial charge in [-0.05, 0) is 12.8 Å². The Morgan fingerprint density at radius 3 is 2.45 bits per heavy atom. The first-order chi connectivity index (χ1) is 5.22. The second kappa shape index (κ2) is 3.72. The zero-order valence-corrected chi connectivity index (χ0v) is 6.75. The molecule has 1 amide bonds. The van der Waals surface area contributed by atoms with Crippen LogP contribution in [0.15, 0.2) is 0 Å². The number of nitrogens with two attached hydrogens (primary N) is 2. The second-order valence-corrected chi connectivity index (χ2v) is 3.31. The van der Waals surface area contributed by atoms with Crippen LogP contribution >= 0.6 is 0 Å². The van der Waals surface area contributed by atoms with Crippen LogP contribution in [0.4, 0.5) is 0 Å². The average molecular weight is 156 g/mol. The van der Waals surface area contributed by atoms with Crippen molar-refractivity contribution >= 4 is 5.91 Å². The first kappa shape index (κ1) is 8.53. The topological polar surface area (TPSA) is 69.1 Å². The molecule has 0 unspecified atom stereocenters. The summed E-state index contributed by atoms with van der Waals surface area (Å²) < 4.78 is 0. The van der Waals surface area contributed by atoms with Gasteiger partial charge in [0, 0.05) is 6.04 Å². The standard InChI is InChI=1S/C8H16N2O/c9-7-5-3-1-2-4-6(7)8(10)11/h6-7H,1-5,9H2,(H2,10,11)/t6-,7-/m1/s1. The first-order valence-electron chi connectivity index (χ1n) is 4.26. The van der Waals surface area contributed by atoms with E-state index in [2.05, 4.69) is 0 Å². The number of hydrogen-bond acceptors (Lipinski definition) is 2.